The molecule has 0 unspecified atom stereocenters. The molecule has 0 amide bonds. The number of ether oxygens (including phenoxy) is 2. The second-order valence-electron chi connectivity index (χ2n) is 6.45. The molecule has 31 heavy (non-hydrogen) atoms. The zero-order valence-corrected chi connectivity index (χ0v) is 16.7. The molecule has 2 aromatic carbocycles. The summed E-state index contributed by atoms with van der Waals surface area (Å²) in [4.78, 5) is 4.72. The van der Waals surface area contributed by atoms with Gasteiger partial charge in [0.25, 0.3) is 0 Å². The summed E-state index contributed by atoms with van der Waals surface area (Å²) in [7, 11) is 1.58. The summed E-state index contributed by atoms with van der Waals surface area (Å²) < 4.78 is 52.9. The first kappa shape index (κ1) is 19.2. The molecule has 0 aliphatic carbocycles. The van der Waals surface area contributed by atoms with Crippen LogP contribution in [0.4, 0.5) is 13.2 Å². The van der Waals surface area contributed by atoms with Crippen LogP contribution in [0.2, 0.25) is 0 Å². The van der Waals surface area contributed by atoms with Crippen molar-refractivity contribution in [2.24, 2.45) is 0 Å². The summed E-state index contributed by atoms with van der Waals surface area (Å²) in [5.41, 5.74) is 0.812. The molecule has 156 valence electrons. The smallest absolute Gasteiger partial charge is 0.235 e. The summed E-state index contributed by atoms with van der Waals surface area (Å²) in [6, 6.07) is 8.94. The van der Waals surface area contributed by atoms with Crippen LogP contribution in [-0.2, 0) is 6.61 Å². The van der Waals surface area contributed by atoms with Crippen LogP contribution in [0.3, 0.4) is 0 Å². The van der Waals surface area contributed by atoms with Gasteiger partial charge in [0.05, 0.1) is 12.6 Å². The van der Waals surface area contributed by atoms with Gasteiger partial charge < -0.3 is 9.47 Å². The van der Waals surface area contributed by atoms with E-state index in [1.165, 1.54) is 4.52 Å². The number of fused-ring (bicyclic) bond motifs is 2. The molecule has 5 aromatic rings. The minimum Gasteiger partial charge on any atom is -0.497 e. The molecular formula is C20H12F3N5O2S. The van der Waals surface area contributed by atoms with E-state index in [0.29, 0.717) is 27.8 Å². The molecule has 0 fully saturated rings. The Hall–Kier alpha value is -3.73. The molecule has 7 nitrogen and oxygen atoms in total. The van der Waals surface area contributed by atoms with Gasteiger partial charge in [0.15, 0.2) is 23.3 Å². The number of benzene rings is 2. The van der Waals surface area contributed by atoms with E-state index in [1.807, 2.05) is 6.07 Å². The predicted octanol–water partition coefficient (Wildman–Crippen LogP) is 4.41. The van der Waals surface area contributed by atoms with Crippen LogP contribution in [0.25, 0.3) is 26.4 Å². The van der Waals surface area contributed by atoms with Crippen LogP contribution in [0.5, 0.6) is 11.5 Å². The molecule has 0 radical (unpaired) electrons. The van der Waals surface area contributed by atoms with Gasteiger partial charge in [-0.3, -0.25) is 4.98 Å². The van der Waals surface area contributed by atoms with Crippen molar-refractivity contribution >= 4 is 27.2 Å². The van der Waals surface area contributed by atoms with Crippen molar-refractivity contribution in [1.82, 2.24) is 24.8 Å². The van der Waals surface area contributed by atoms with Crippen LogP contribution in [0.1, 0.15) is 5.82 Å². The second kappa shape index (κ2) is 7.51. The summed E-state index contributed by atoms with van der Waals surface area (Å²) in [6.07, 6.45) is 1.62. The Morgan fingerprint density at radius 2 is 1.84 bits per heavy atom. The molecule has 3 heterocycles. The Labute approximate surface area is 176 Å². The Morgan fingerprint density at radius 3 is 2.61 bits per heavy atom. The third-order valence-corrected chi connectivity index (χ3v) is 5.50. The summed E-state index contributed by atoms with van der Waals surface area (Å²) in [6.45, 7) is 0.0433. The van der Waals surface area contributed by atoms with Crippen LogP contribution in [0, 0.1) is 17.5 Å². The fraction of sp³-hybridized carbons (Fsp3) is 0.100. The highest BCUT2D eigenvalue weighted by Crippen LogP contribution is 2.30. The highest BCUT2D eigenvalue weighted by molar-refractivity contribution is 7.19. The minimum atomic E-state index is -1.52. The van der Waals surface area contributed by atoms with E-state index in [9.17, 15) is 13.2 Å². The molecular weight excluding hydrogens is 431 g/mol. The van der Waals surface area contributed by atoms with Crippen LogP contribution < -0.4 is 9.47 Å². The lowest BCUT2D eigenvalue weighted by Gasteiger charge is -2.08. The molecule has 5 rings (SSSR count). The summed E-state index contributed by atoms with van der Waals surface area (Å²) in [5, 5.41) is 13.4. The molecule has 3 aromatic heterocycles. The van der Waals surface area contributed by atoms with Crippen LogP contribution in [0.15, 0.2) is 42.6 Å². The lowest BCUT2D eigenvalue weighted by atomic mass is 10.2. The van der Waals surface area contributed by atoms with Crippen LogP contribution in [-0.4, -0.2) is 31.9 Å². The summed E-state index contributed by atoms with van der Waals surface area (Å²) in [5.74, 6) is -2.44. The van der Waals surface area contributed by atoms with E-state index >= 15 is 0 Å². The third kappa shape index (κ3) is 3.42. The maximum absolute atomic E-state index is 13.6. The maximum atomic E-state index is 13.6. The Morgan fingerprint density at radius 1 is 1.03 bits per heavy atom. The van der Waals surface area contributed by atoms with E-state index in [-0.39, 0.29) is 17.2 Å². The topological polar surface area (TPSA) is 74.4 Å². The zero-order chi connectivity index (χ0) is 21.5. The molecule has 11 heteroatoms. The highest BCUT2D eigenvalue weighted by Gasteiger charge is 2.17. The van der Waals surface area contributed by atoms with Crippen molar-refractivity contribution in [2.75, 3.05) is 7.11 Å². The van der Waals surface area contributed by atoms with Crippen molar-refractivity contribution in [3.8, 4) is 22.1 Å². The predicted molar refractivity (Wildman–Crippen MR) is 107 cm³/mol. The van der Waals surface area contributed by atoms with Gasteiger partial charge in [-0.1, -0.05) is 11.3 Å². The average Bonchev–Trinajstić information content (AvgIpc) is 3.36. The maximum Gasteiger partial charge on any atom is 0.235 e. The molecule has 0 aliphatic heterocycles. The molecule has 0 N–H and O–H groups in total. The number of rotatable bonds is 5. The molecule has 0 saturated carbocycles. The van der Waals surface area contributed by atoms with Gasteiger partial charge in [-0.15, -0.1) is 10.2 Å². The van der Waals surface area contributed by atoms with Gasteiger partial charge in [-0.05, 0) is 30.3 Å². The largest absolute Gasteiger partial charge is 0.497 e. The SMILES string of the molecule is COc1ccc2c(OCc3nnc4sc(-c5cc(F)c(F)c(F)c5)nn34)ccnc2c1. The van der Waals surface area contributed by atoms with Gasteiger partial charge >= 0.3 is 0 Å². The average molecular weight is 443 g/mol. The first-order chi connectivity index (χ1) is 15.0. The first-order valence-electron chi connectivity index (χ1n) is 8.95. The fourth-order valence-corrected chi connectivity index (χ4v) is 3.89. The Bertz CT molecular complexity index is 1410. The molecule has 0 spiro atoms. The van der Waals surface area contributed by atoms with Gasteiger partial charge in [0, 0.05) is 23.2 Å². The number of aromatic nitrogens is 5. The van der Waals surface area contributed by atoms with Crippen molar-refractivity contribution in [3.63, 3.8) is 0 Å². The van der Waals surface area contributed by atoms with Crippen molar-refractivity contribution in [3.05, 3.63) is 65.9 Å². The standard InChI is InChI=1S/C20H12F3N5O2S/c1-29-11-2-3-12-15(8-11)24-5-4-16(12)30-9-17-25-26-20-28(17)27-19(31-20)10-6-13(21)18(23)14(22)7-10/h2-8H,9H2,1H3. The highest BCUT2D eigenvalue weighted by atomic mass is 32.1. The summed E-state index contributed by atoms with van der Waals surface area (Å²) >= 11 is 1.07. The first-order valence-corrected chi connectivity index (χ1v) is 9.76. The van der Waals surface area contributed by atoms with E-state index in [2.05, 4.69) is 20.3 Å². The molecule has 0 atom stereocenters. The van der Waals surface area contributed by atoms with Gasteiger partial charge in [0.2, 0.25) is 4.96 Å². The van der Waals surface area contributed by atoms with E-state index in [4.69, 9.17) is 9.47 Å². The molecule has 0 saturated heterocycles. The van der Waals surface area contributed by atoms with Crippen molar-refractivity contribution in [1.29, 1.82) is 0 Å². The Balaban J connectivity index is 1.44. The molecule has 0 bridgehead atoms. The number of hydrogen-bond acceptors (Lipinski definition) is 7. The van der Waals surface area contributed by atoms with Gasteiger partial charge in [-0.2, -0.15) is 9.61 Å². The number of methoxy groups -OCH3 is 1. The second-order valence-corrected chi connectivity index (χ2v) is 7.41. The number of halogens is 3. The number of pyridine rings is 1. The van der Waals surface area contributed by atoms with Crippen LogP contribution >= 0.6 is 11.3 Å². The van der Waals surface area contributed by atoms with Crippen molar-refractivity contribution < 1.29 is 22.6 Å². The Kier molecular flexibility index (Phi) is 4.66. The van der Waals surface area contributed by atoms with E-state index < -0.39 is 17.5 Å². The number of nitrogens with zero attached hydrogens (tertiary/aromatic N) is 5. The van der Waals surface area contributed by atoms with Gasteiger partial charge in [-0.25, -0.2) is 13.2 Å². The molecule has 0 aliphatic rings. The van der Waals surface area contributed by atoms with Gasteiger partial charge in [0.1, 0.15) is 23.1 Å². The van der Waals surface area contributed by atoms with Crippen molar-refractivity contribution in [2.45, 2.75) is 6.61 Å². The normalized spacial score (nSPS) is 11.4. The monoisotopic (exact) mass is 443 g/mol. The minimum absolute atomic E-state index is 0.0433. The van der Waals surface area contributed by atoms with E-state index in [0.717, 1.165) is 28.9 Å². The van der Waals surface area contributed by atoms with E-state index in [1.54, 1.807) is 31.5 Å². The lowest BCUT2D eigenvalue weighted by Crippen LogP contribution is -2.03. The quantitative estimate of drug-likeness (QED) is 0.375. The third-order valence-electron chi connectivity index (χ3n) is 4.55. The fourth-order valence-electron chi connectivity index (χ4n) is 3.04. The lowest BCUT2D eigenvalue weighted by molar-refractivity contribution is 0.296. The number of hydrogen-bond donors (Lipinski definition) is 0. The zero-order valence-electron chi connectivity index (χ0n) is 15.8.